The number of aryl methyl sites for hydroxylation is 1. The van der Waals surface area contributed by atoms with Gasteiger partial charge < -0.3 is 5.73 Å². The summed E-state index contributed by atoms with van der Waals surface area (Å²) in [6.45, 7) is 6.50. The lowest BCUT2D eigenvalue weighted by atomic mass is 10.00. The number of rotatable bonds is 3. The van der Waals surface area contributed by atoms with Gasteiger partial charge in [0.1, 0.15) is 5.82 Å². The Morgan fingerprint density at radius 3 is 2.54 bits per heavy atom. The van der Waals surface area contributed by atoms with E-state index in [-0.39, 0.29) is 0 Å². The molecule has 0 saturated heterocycles. The molecule has 3 nitrogen and oxygen atoms in total. The third-order valence-corrected chi connectivity index (χ3v) is 2.66. The molecule has 3 heteroatoms. The van der Waals surface area contributed by atoms with Crippen molar-refractivity contribution in [1.29, 1.82) is 0 Å². The van der Waals surface area contributed by atoms with Crippen molar-refractivity contribution < 1.29 is 0 Å². The van der Waals surface area contributed by atoms with E-state index in [0.29, 0.717) is 5.92 Å². The number of anilines is 1. The fraction of sp³-hybridized carbons (Fsp3) is 0.700. The van der Waals surface area contributed by atoms with Crippen molar-refractivity contribution in [1.82, 2.24) is 9.78 Å². The van der Waals surface area contributed by atoms with Gasteiger partial charge in [0, 0.05) is 18.5 Å². The summed E-state index contributed by atoms with van der Waals surface area (Å²) < 4.78 is 1.78. The molecule has 1 aromatic heterocycles. The number of hydrogen-bond donors (Lipinski definition) is 1. The molecule has 0 radical (unpaired) electrons. The van der Waals surface area contributed by atoms with Crippen LogP contribution in [0.1, 0.15) is 44.4 Å². The maximum Gasteiger partial charge on any atom is 0.124 e. The van der Waals surface area contributed by atoms with Crippen LogP contribution < -0.4 is 5.73 Å². The summed E-state index contributed by atoms with van der Waals surface area (Å²) >= 11 is 0. The summed E-state index contributed by atoms with van der Waals surface area (Å²) in [7, 11) is 1.90. The third kappa shape index (κ3) is 1.69. The average Bonchev–Trinajstić information content (AvgIpc) is 2.42. The maximum atomic E-state index is 5.91. The normalized spacial score (nSPS) is 13.2. The standard InChI is InChI=1S/C10H19N3/c1-5-7(3)9-8(6-2)10(11)13(4)12-9/h7H,5-6,11H2,1-4H3. The average molecular weight is 181 g/mol. The second-order valence-electron chi connectivity index (χ2n) is 3.54. The van der Waals surface area contributed by atoms with Crippen molar-refractivity contribution in [3.63, 3.8) is 0 Å². The molecule has 0 aliphatic heterocycles. The molecule has 0 fully saturated rings. The second kappa shape index (κ2) is 3.81. The first-order chi connectivity index (χ1) is 6.11. The van der Waals surface area contributed by atoms with Gasteiger partial charge >= 0.3 is 0 Å². The Balaban J connectivity index is 3.13. The smallest absolute Gasteiger partial charge is 0.124 e. The van der Waals surface area contributed by atoms with E-state index in [1.165, 1.54) is 11.3 Å². The lowest BCUT2D eigenvalue weighted by Gasteiger charge is -2.06. The van der Waals surface area contributed by atoms with Gasteiger partial charge in [-0.3, -0.25) is 4.68 Å². The van der Waals surface area contributed by atoms with Crippen LogP contribution >= 0.6 is 0 Å². The van der Waals surface area contributed by atoms with Crippen LogP contribution in [0.3, 0.4) is 0 Å². The van der Waals surface area contributed by atoms with Crippen molar-refractivity contribution in [2.75, 3.05) is 5.73 Å². The van der Waals surface area contributed by atoms with Crippen LogP contribution in [0.2, 0.25) is 0 Å². The number of aromatic nitrogens is 2. The van der Waals surface area contributed by atoms with Gasteiger partial charge in [0.05, 0.1) is 5.69 Å². The zero-order valence-corrected chi connectivity index (χ0v) is 8.96. The molecular formula is C10H19N3. The summed E-state index contributed by atoms with van der Waals surface area (Å²) in [6.07, 6.45) is 2.09. The molecule has 0 spiro atoms. The molecule has 2 N–H and O–H groups in total. The number of nitrogens with two attached hydrogens (primary N) is 1. The fourth-order valence-electron chi connectivity index (χ4n) is 1.55. The van der Waals surface area contributed by atoms with E-state index in [1.807, 2.05) is 7.05 Å². The van der Waals surface area contributed by atoms with Gasteiger partial charge in [0.2, 0.25) is 0 Å². The zero-order chi connectivity index (χ0) is 10.0. The summed E-state index contributed by atoms with van der Waals surface area (Å²) in [4.78, 5) is 0. The van der Waals surface area contributed by atoms with Crippen LogP contribution in [0.4, 0.5) is 5.82 Å². The van der Waals surface area contributed by atoms with Crippen molar-refractivity contribution in [2.24, 2.45) is 7.05 Å². The van der Waals surface area contributed by atoms with Crippen LogP contribution in [0, 0.1) is 0 Å². The molecule has 1 aromatic rings. The molecule has 0 aliphatic rings. The predicted molar refractivity (Wildman–Crippen MR) is 55.7 cm³/mol. The lowest BCUT2D eigenvalue weighted by molar-refractivity contribution is 0.664. The first kappa shape index (κ1) is 10.1. The molecule has 0 saturated carbocycles. The van der Waals surface area contributed by atoms with E-state index in [4.69, 9.17) is 5.73 Å². The molecule has 74 valence electrons. The van der Waals surface area contributed by atoms with Crippen molar-refractivity contribution in [2.45, 2.75) is 39.5 Å². The lowest BCUT2D eigenvalue weighted by Crippen LogP contribution is -1.98. The molecule has 0 amide bonds. The Kier molecular flexibility index (Phi) is 2.96. The monoisotopic (exact) mass is 181 g/mol. The Morgan fingerprint density at radius 2 is 2.08 bits per heavy atom. The van der Waals surface area contributed by atoms with Crippen molar-refractivity contribution >= 4 is 5.82 Å². The second-order valence-corrected chi connectivity index (χ2v) is 3.54. The van der Waals surface area contributed by atoms with E-state index in [2.05, 4.69) is 25.9 Å². The van der Waals surface area contributed by atoms with E-state index in [9.17, 15) is 0 Å². The fourth-order valence-corrected chi connectivity index (χ4v) is 1.55. The van der Waals surface area contributed by atoms with E-state index >= 15 is 0 Å². The van der Waals surface area contributed by atoms with Crippen LogP contribution in [-0.2, 0) is 13.5 Å². The topological polar surface area (TPSA) is 43.8 Å². The molecular weight excluding hydrogens is 162 g/mol. The van der Waals surface area contributed by atoms with Gasteiger partial charge in [-0.25, -0.2) is 0 Å². The molecule has 0 aromatic carbocycles. The number of nitrogen functional groups attached to an aromatic ring is 1. The first-order valence-corrected chi connectivity index (χ1v) is 4.93. The summed E-state index contributed by atoms with van der Waals surface area (Å²) in [5, 5.41) is 4.44. The molecule has 13 heavy (non-hydrogen) atoms. The van der Waals surface area contributed by atoms with E-state index in [0.717, 1.165) is 18.7 Å². The van der Waals surface area contributed by atoms with Crippen LogP contribution in [0.15, 0.2) is 0 Å². The maximum absolute atomic E-state index is 5.91. The van der Waals surface area contributed by atoms with Crippen LogP contribution in [0.5, 0.6) is 0 Å². The Morgan fingerprint density at radius 1 is 1.46 bits per heavy atom. The number of hydrogen-bond acceptors (Lipinski definition) is 2. The minimum Gasteiger partial charge on any atom is -0.384 e. The van der Waals surface area contributed by atoms with Gasteiger partial charge in [-0.15, -0.1) is 0 Å². The first-order valence-electron chi connectivity index (χ1n) is 4.93. The zero-order valence-electron chi connectivity index (χ0n) is 8.96. The minimum atomic E-state index is 0.512. The Hall–Kier alpha value is -0.990. The minimum absolute atomic E-state index is 0.512. The molecule has 1 unspecified atom stereocenters. The molecule has 0 bridgehead atoms. The SMILES string of the molecule is CCc1c(C(C)CC)nn(C)c1N. The summed E-state index contributed by atoms with van der Waals surface area (Å²) in [5.74, 6) is 1.33. The van der Waals surface area contributed by atoms with Crippen molar-refractivity contribution in [3.05, 3.63) is 11.3 Å². The highest BCUT2D eigenvalue weighted by Crippen LogP contribution is 2.25. The predicted octanol–water partition coefficient (Wildman–Crippen LogP) is 2.08. The summed E-state index contributed by atoms with van der Waals surface area (Å²) in [5.41, 5.74) is 8.30. The largest absolute Gasteiger partial charge is 0.384 e. The van der Waals surface area contributed by atoms with Gasteiger partial charge in [-0.1, -0.05) is 20.8 Å². The Labute approximate surface area is 79.9 Å². The Bertz CT molecular complexity index is 289. The number of nitrogens with zero attached hydrogens (tertiary/aromatic N) is 2. The highest BCUT2D eigenvalue weighted by atomic mass is 15.3. The van der Waals surface area contributed by atoms with E-state index < -0.39 is 0 Å². The van der Waals surface area contributed by atoms with Crippen molar-refractivity contribution in [3.8, 4) is 0 Å². The van der Waals surface area contributed by atoms with Gasteiger partial charge in [-0.05, 0) is 12.8 Å². The van der Waals surface area contributed by atoms with Crippen LogP contribution in [-0.4, -0.2) is 9.78 Å². The van der Waals surface area contributed by atoms with Gasteiger partial charge in [0.25, 0.3) is 0 Å². The molecule has 1 atom stereocenters. The van der Waals surface area contributed by atoms with Gasteiger partial charge in [-0.2, -0.15) is 5.10 Å². The third-order valence-electron chi connectivity index (χ3n) is 2.66. The highest BCUT2D eigenvalue weighted by molar-refractivity contribution is 5.44. The molecule has 1 heterocycles. The quantitative estimate of drug-likeness (QED) is 0.775. The van der Waals surface area contributed by atoms with Crippen LogP contribution in [0.25, 0.3) is 0 Å². The molecule has 1 rings (SSSR count). The van der Waals surface area contributed by atoms with Gasteiger partial charge in [0.15, 0.2) is 0 Å². The highest BCUT2D eigenvalue weighted by Gasteiger charge is 2.15. The summed E-state index contributed by atoms with van der Waals surface area (Å²) in [6, 6.07) is 0. The molecule has 0 aliphatic carbocycles. The van der Waals surface area contributed by atoms with E-state index in [1.54, 1.807) is 4.68 Å².